The summed E-state index contributed by atoms with van der Waals surface area (Å²) in [5.74, 6) is 0. The van der Waals surface area contributed by atoms with E-state index in [-0.39, 0.29) is 29.6 Å². The van der Waals surface area contributed by atoms with E-state index in [0.29, 0.717) is 0 Å². The van der Waals surface area contributed by atoms with Gasteiger partial charge < -0.3 is 0 Å². The van der Waals surface area contributed by atoms with Gasteiger partial charge in [0.15, 0.2) is 0 Å². The fraction of sp³-hybridized carbons (Fsp3) is 1.00. The van der Waals surface area contributed by atoms with E-state index in [1.165, 1.54) is 0 Å². The van der Waals surface area contributed by atoms with E-state index in [0.717, 1.165) is 0 Å². The molecule has 0 aliphatic heterocycles. The Morgan fingerprint density at radius 3 is 1.00 bits per heavy atom. The summed E-state index contributed by atoms with van der Waals surface area (Å²) in [6.07, 6.45) is 0. The Balaban J connectivity index is 0. The van der Waals surface area contributed by atoms with Gasteiger partial charge in [0.05, 0.1) is 0 Å². The summed E-state index contributed by atoms with van der Waals surface area (Å²) in [5.41, 5.74) is 0. The average Bonchev–Trinajstić information content (AvgIpc) is 0.811. The van der Waals surface area contributed by atoms with Crippen LogP contribution in [0, 0.1) is 0 Å². The molecule has 0 unspecified atom stereocenters. The fourth-order valence-electron chi connectivity index (χ4n) is 0. The third-order valence-corrected chi connectivity index (χ3v) is 0. The Morgan fingerprint density at radius 1 is 1.00 bits per heavy atom. The Bertz CT molecular complexity index is 11.6. The number of hydrogen-bond acceptors (Lipinski definition) is 0. The molecule has 0 amide bonds. The summed E-state index contributed by atoms with van der Waals surface area (Å²) < 4.78 is 0. The third kappa shape index (κ3) is 25.9. The van der Waals surface area contributed by atoms with Crippen LogP contribution < -0.4 is 0 Å². The molecule has 5 heavy (non-hydrogen) atoms. The van der Waals surface area contributed by atoms with E-state index in [2.05, 4.69) is 14.8 Å². The van der Waals surface area contributed by atoms with Crippen molar-refractivity contribution in [2.45, 2.75) is 14.8 Å². The molecule has 0 aliphatic rings. The summed E-state index contributed by atoms with van der Waals surface area (Å²) in [5, 5.41) is 0. The van der Waals surface area contributed by atoms with E-state index < -0.39 is 19.8 Å². The fourth-order valence-corrected chi connectivity index (χ4v) is 0. The first-order valence-corrected chi connectivity index (χ1v) is 11.6. The predicted molar refractivity (Wildman–Crippen MR) is 31.9 cm³/mol. The maximum atomic E-state index is 2.38. The Labute approximate surface area is 63.4 Å². The van der Waals surface area contributed by atoms with Crippen LogP contribution >= 0.6 is 0 Å². The summed E-state index contributed by atoms with van der Waals surface area (Å²) in [4.78, 5) is 7.13. The topological polar surface area (TPSA) is 0 Å². The molecule has 0 saturated carbocycles. The van der Waals surface area contributed by atoms with Crippen LogP contribution in [0.5, 0.6) is 0 Å². The number of hydrogen-bond donors (Lipinski definition) is 0. The second-order valence-corrected chi connectivity index (χ2v) is 11.6. The SMILES string of the molecule is [CH3][SnH]([CH3])[CH3].[NaH]. The second kappa shape index (κ2) is 5.80. The summed E-state index contributed by atoms with van der Waals surface area (Å²) in [7, 11) is 0. The zero-order valence-electron chi connectivity index (χ0n) is 3.58. The summed E-state index contributed by atoms with van der Waals surface area (Å²) in [6, 6.07) is 0. The molecule has 0 bridgehead atoms. The first kappa shape index (κ1) is 9.93. The van der Waals surface area contributed by atoms with Gasteiger partial charge in [-0.1, -0.05) is 0 Å². The monoisotopic (exact) mass is 190 g/mol. The zero-order chi connectivity index (χ0) is 3.58. The molecule has 0 aromatic carbocycles. The van der Waals surface area contributed by atoms with Crippen LogP contribution in [0.25, 0.3) is 0 Å². The first-order chi connectivity index (χ1) is 1.73. The molecule has 0 N–H and O–H groups in total. The van der Waals surface area contributed by atoms with Gasteiger partial charge in [-0.15, -0.1) is 0 Å². The van der Waals surface area contributed by atoms with Gasteiger partial charge in [-0.3, -0.25) is 0 Å². The molecule has 0 atom stereocenters. The second-order valence-electron chi connectivity index (χ2n) is 1.73. The number of rotatable bonds is 0. The van der Waals surface area contributed by atoms with E-state index in [1.807, 2.05) is 0 Å². The van der Waals surface area contributed by atoms with E-state index in [9.17, 15) is 0 Å². The summed E-state index contributed by atoms with van der Waals surface area (Å²) >= 11 is -0.637. The van der Waals surface area contributed by atoms with Gasteiger partial charge in [-0.05, 0) is 0 Å². The van der Waals surface area contributed by atoms with Crippen LogP contribution in [0.4, 0.5) is 0 Å². The molecule has 0 aliphatic carbocycles. The molecule has 0 saturated heterocycles. The van der Waals surface area contributed by atoms with Crippen molar-refractivity contribution in [2.75, 3.05) is 0 Å². The van der Waals surface area contributed by atoms with Crippen molar-refractivity contribution in [3.05, 3.63) is 0 Å². The van der Waals surface area contributed by atoms with Crippen LogP contribution in [0.1, 0.15) is 0 Å². The van der Waals surface area contributed by atoms with Gasteiger partial charge in [0, 0.05) is 0 Å². The van der Waals surface area contributed by atoms with Gasteiger partial charge >= 0.3 is 64.1 Å². The maximum absolute atomic E-state index is 2.38. The van der Waals surface area contributed by atoms with Crippen molar-refractivity contribution >= 4 is 49.3 Å². The van der Waals surface area contributed by atoms with Gasteiger partial charge in [0.2, 0.25) is 0 Å². The molecule has 0 nitrogen and oxygen atoms in total. The van der Waals surface area contributed by atoms with Crippen LogP contribution in [0.15, 0.2) is 0 Å². The minimum atomic E-state index is -0.637. The standard InChI is InChI=1S/3CH3.Na.Sn.2H/h3*1H3;;;;. The van der Waals surface area contributed by atoms with Gasteiger partial charge in [-0.2, -0.15) is 0 Å². The molecule has 28 valence electrons. The Kier molecular flexibility index (Phi) is 11.5. The average molecular weight is 189 g/mol. The zero-order valence-corrected chi connectivity index (χ0v) is 6.87. The third-order valence-electron chi connectivity index (χ3n) is 0. The first-order valence-electron chi connectivity index (χ1n) is 1.73. The van der Waals surface area contributed by atoms with Crippen molar-refractivity contribution in [3.8, 4) is 0 Å². The molecular weight excluding hydrogens is 178 g/mol. The molecule has 0 radical (unpaired) electrons. The molecule has 0 spiro atoms. The van der Waals surface area contributed by atoms with E-state index in [1.54, 1.807) is 0 Å². The molecule has 2 heteroatoms. The van der Waals surface area contributed by atoms with Gasteiger partial charge in [0.25, 0.3) is 0 Å². The minimum absolute atomic E-state index is 0. The van der Waals surface area contributed by atoms with Crippen molar-refractivity contribution in [3.63, 3.8) is 0 Å². The van der Waals surface area contributed by atoms with Crippen LogP contribution in [-0.2, 0) is 0 Å². The Morgan fingerprint density at radius 2 is 1.00 bits per heavy atom. The van der Waals surface area contributed by atoms with Crippen molar-refractivity contribution in [1.82, 2.24) is 0 Å². The molecule has 0 aromatic heterocycles. The van der Waals surface area contributed by atoms with E-state index in [4.69, 9.17) is 0 Å². The van der Waals surface area contributed by atoms with Crippen LogP contribution in [-0.4, -0.2) is 49.3 Å². The van der Waals surface area contributed by atoms with Crippen LogP contribution in [0.2, 0.25) is 14.8 Å². The molecule has 0 rings (SSSR count). The molecule has 0 heterocycles. The molecule has 0 aromatic rings. The molecule has 0 fully saturated rings. The molecular formula is C3H11NaSn. The van der Waals surface area contributed by atoms with Crippen molar-refractivity contribution in [2.24, 2.45) is 0 Å². The Hall–Kier alpha value is 1.80. The van der Waals surface area contributed by atoms with Crippen molar-refractivity contribution < 1.29 is 0 Å². The quantitative estimate of drug-likeness (QED) is 0.485. The van der Waals surface area contributed by atoms with Crippen molar-refractivity contribution in [1.29, 1.82) is 0 Å². The van der Waals surface area contributed by atoms with Crippen LogP contribution in [0.3, 0.4) is 0 Å². The van der Waals surface area contributed by atoms with E-state index >= 15 is 0 Å². The summed E-state index contributed by atoms with van der Waals surface area (Å²) in [6.45, 7) is 0. The normalized spacial score (nSPS) is 7.20. The predicted octanol–water partition coefficient (Wildman–Crippen LogP) is 0.454. The van der Waals surface area contributed by atoms with Gasteiger partial charge in [-0.25, -0.2) is 0 Å². The van der Waals surface area contributed by atoms with Gasteiger partial charge in [0.1, 0.15) is 0 Å².